The van der Waals surface area contributed by atoms with Crippen molar-refractivity contribution in [1.29, 1.82) is 0 Å². The number of aliphatic hydroxyl groups excluding tert-OH is 1. The molecule has 1 aliphatic carbocycles. The molecule has 1 atom stereocenters. The molecule has 1 heterocycles. The highest BCUT2D eigenvalue weighted by Crippen LogP contribution is 2.27. The number of aromatic nitrogens is 1. The molecule has 3 heteroatoms. The molecule has 1 aromatic heterocycles. The fraction of sp³-hybridized carbons (Fsp3) is 0.688. The molecule has 106 valence electrons. The quantitative estimate of drug-likeness (QED) is 0.828. The van der Waals surface area contributed by atoms with Gasteiger partial charge in [0, 0.05) is 31.1 Å². The Morgan fingerprint density at radius 1 is 1.37 bits per heavy atom. The normalized spacial score (nSPS) is 18.4. The van der Waals surface area contributed by atoms with Crippen molar-refractivity contribution >= 4 is 0 Å². The summed E-state index contributed by atoms with van der Waals surface area (Å²) in [5, 5.41) is 12.9. The zero-order valence-corrected chi connectivity index (χ0v) is 11.9. The highest BCUT2D eigenvalue weighted by atomic mass is 16.3. The molecule has 0 aliphatic heterocycles. The maximum Gasteiger partial charge on any atom is 0.0445 e. The van der Waals surface area contributed by atoms with Crippen LogP contribution >= 0.6 is 0 Å². The van der Waals surface area contributed by atoms with Gasteiger partial charge in [0.1, 0.15) is 0 Å². The SMILES string of the molecule is Cc1ncccc1CNC(CCO)C1CCCCC1. The number of hydrogen-bond donors (Lipinski definition) is 2. The Morgan fingerprint density at radius 2 is 2.16 bits per heavy atom. The second kappa shape index (κ2) is 7.61. The molecular formula is C16H26N2O. The van der Waals surface area contributed by atoms with Crippen molar-refractivity contribution in [1.82, 2.24) is 10.3 Å². The van der Waals surface area contributed by atoms with Gasteiger partial charge in [0.2, 0.25) is 0 Å². The van der Waals surface area contributed by atoms with Crippen LogP contribution in [0.1, 0.15) is 49.8 Å². The Labute approximate surface area is 116 Å². The first kappa shape index (κ1) is 14.5. The summed E-state index contributed by atoms with van der Waals surface area (Å²) in [4.78, 5) is 4.33. The van der Waals surface area contributed by atoms with Gasteiger partial charge in [-0.1, -0.05) is 25.3 Å². The highest BCUT2D eigenvalue weighted by molar-refractivity contribution is 5.17. The summed E-state index contributed by atoms with van der Waals surface area (Å²) >= 11 is 0. The third-order valence-electron chi connectivity index (χ3n) is 4.33. The van der Waals surface area contributed by atoms with E-state index >= 15 is 0 Å². The van der Waals surface area contributed by atoms with Crippen molar-refractivity contribution in [3.63, 3.8) is 0 Å². The number of hydrogen-bond acceptors (Lipinski definition) is 3. The Balaban J connectivity index is 1.91. The second-order valence-electron chi connectivity index (χ2n) is 5.65. The maximum absolute atomic E-state index is 9.27. The number of rotatable bonds is 6. The first-order valence-corrected chi connectivity index (χ1v) is 7.56. The third kappa shape index (κ3) is 4.29. The lowest BCUT2D eigenvalue weighted by Crippen LogP contribution is -2.37. The van der Waals surface area contributed by atoms with Crippen LogP contribution in [0.4, 0.5) is 0 Å². The van der Waals surface area contributed by atoms with Gasteiger partial charge >= 0.3 is 0 Å². The highest BCUT2D eigenvalue weighted by Gasteiger charge is 2.22. The lowest BCUT2D eigenvalue weighted by Gasteiger charge is -2.31. The van der Waals surface area contributed by atoms with Crippen molar-refractivity contribution in [3.05, 3.63) is 29.6 Å². The fourth-order valence-corrected chi connectivity index (χ4v) is 3.13. The van der Waals surface area contributed by atoms with Crippen LogP contribution in [0.25, 0.3) is 0 Å². The number of nitrogens with zero attached hydrogens (tertiary/aromatic N) is 1. The molecule has 2 rings (SSSR count). The van der Waals surface area contributed by atoms with E-state index in [0.29, 0.717) is 6.04 Å². The summed E-state index contributed by atoms with van der Waals surface area (Å²) in [6.07, 6.45) is 9.40. The van der Waals surface area contributed by atoms with Crippen LogP contribution in [0.5, 0.6) is 0 Å². The summed E-state index contributed by atoms with van der Waals surface area (Å²) in [6.45, 7) is 3.19. The monoisotopic (exact) mass is 262 g/mol. The lowest BCUT2D eigenvalue weighted by atomic mass is 9.82. The minimum atomic E-state index is 0.278. The maximum atomic E-state index is 9.27. The van der Waals surface area contributed by atoms with E-state index in [-0.39, 0.29) is 6.61 Å². The standard InChI is InChI=1S/C16H26N2O/c1-13-15(8-5-10-17-13)12-18-16(9-11-19)14-6-3-2-4-7-14/h5,8,10,14,16,18-19H,2-4,6-7,9,11-12H2,1H3. The second-order valence-corrected chi connectivity index (χ2v) is 5.65. The molecule has 0 radical (unpaired) electrons. The van der Waals surface area contributed by atoms with Crippen molar-refractivity contribution in [2.45, 2.75) is 58.0 Å². The van der Waals surface area contributed by atoms with Crippen LogP contribution in [-0.2, 0) is 6.54 Å². The van der Waals surface area contributed by atoms with Crippen molar-refractivity contribution in [3.8, 4) is 0 Å². The predicted octanol–water partition coefficient (Wildman–Crippen LogP) is 2.81. The van der Waals surface area contributed by atoms with Crippen molar-refractivity contribution < 1.29 is 5.11 Å². The van der Waals surface area contributed by atoms with Gasteiger partial charge in [-0.25, -0.2) is 0 Å². The molecule has 1 unspecified atom stereocenters. The largest absolute Gasteiger partial charge is 0.396 e. The van der Waals surface area contributed by atoms with Crippen LogP contribution < -0.4 is 5.32 Å². The summed E-state index contributed by atoms with van der Waals surface area (Å²) in [7, 11) is 0. The summed E-state index contributed by atoms with van der Waals surface area (Å²) in [5.74, 6) is 0.734. The van der Waals surface area contributed by atoms with E-state index in [9.17, 15) is 5.11 Å². The number of pyridine rings is 1. The Kier molecular flexibility index (Phi) is 5.80. The smallest absolute Gasteiger partial charge is 0.0445 e. The molecule has 1 aliphatic rings. The average molecular weight is 262 g/mol. The zero-order valence-electron chi connectivity index (χ0n) is 11.9. The Morgan fingerprint density at radius 3 is 2.84 bits per heavy atom. The van der Waals surface area contributed by atoms with E-state index in [1.54, 1.807) is 0 Å². The van der Waals surface area contributed by atoms with Crippen LogP contribution in [0.2, 0.25) is 0 Å². The van der Waals surface area contributed by atoms with Crippen LogP contribution in [0, 0.1) is 12.8 Å². The van der Waals surface area contributed by atoms with Gasteiger partial charge in [-0.15, -0.1) is 0 Å². The minimum Gasteiger partial charge on any atom is -0.396 e. The molecule has 1 saturated carbocycles. The van der Waals surface area contributed by atoms with E-state index in [4.69, 9.17) is 0 Å². The first-order chi connectivity index (χ1) is 9.31. The summed E-state index contributed by atoms with van der Waals surface area (Å²) in [6, 6.07) is 4.57. The minimum absolute atomic E-state index is 0.278. The van der Waals surface area contributed by atoms with E-state index in [1.807, 2.05) is 12.3 Å². The number of nitrogens with one attached hydrogen (secondary N) is 1. The van der Waals surface area contributed by atoms with E-state index in [2.05, 4.69) is 23.3 Å². The average Bonchev–Trinajstić information content (AvgIpc) is 2.46. The van der Waals surface area contributed by atoms with E-state index in [0.717, 1.165) is 24.6 Å². The molecule has 3 nitrogen and oxygen atoms in total. The lowest BCUT2D eigenvalue weighted by molar-refractivity contribution is 0.205. The summed E-state index contributed by atoms with van der Waals surface area (Å²) in [5.41, 5.74) is 2.36. The number of aryl methyl sites for hydroxylation is 1. The van der Waals surface area contributed by atoms with E-state index < -0.39 is 0 Å². The molecule has 0 bridgehead atoms. The molecule has 1 fully saturated rings. The number of aliphatic hydroxyl groups is 1. The van der Waals surface area contributed by atoms with Gasteiger partial charge in [-0.05, 0) is 43.7 Å². The van der Waals surface area contributed by atoms with Gasteiger partial charge in [0.25, 0.3) is 0 Å². The molecule has 0 saturated heterocycles. The molecule has 1 aromatic rings. The van der Waals surface area contributed by atoms with Gasteiger partial charge in [0.15, 0.2) is 0 Å². The fourth-order valence-electron chi connectivity index (χ4n) is 3.13. The third-order valence-corrected chi connectivity index (χ3v) is 4.33. The predicted molar refractivity (Wildman–Crippen MR) is 77.9 cm³/mol. The van der Waals surface area contributed by atoms with Crippen LogP contribution in [0.3, 0.4) is 0 Å². The van der Waals surface area contributed by atoms with Crippen LogP contribution in [-0.4, -0.2) is 22.7 Å². The topological polar surface area (TPSA) is 45.2 Å². The van der Waals surface area contributed by atoms with Gasteiger partial charge in [0.05, 0.1) is 0 Å². The van der Waals surface area contributed by atoms with Crippen molar-refractivity contribution in [2.75, 3.05) is 6.61 Å². The van der Waals surface area contributed by atoms with Crippen LogP contribution in [0.15, 0.2) is 18.3 Å². The van der Waals surface area contributed by atoms with E-state index in [1.165, 1.54) is 37.7 Å². The summed E-state index contributed by atoms with van der Waals surface area (Å²) < 4.78 is 0. The Bertz CT molecular complexity index is 375. The van der Waals surface area contributed by atoms with Gasteiger partial charge < -0.3 is 10.4 Å². The Hall–Kier alpha value is -0.930. The molecule has 0 amide bonds. The molecule has 19 heavy (non-hydrogen) atoms. The van der Waals surface area contributed by atoms with Crippen molar-refractivity contribution in [2.24, 2.45) is 5.92 Å². The molecule has 0 aromatic carbocycles. The molecular weight excluding hydrogens is 236 g/mol. The first-order valence-electron chi connectivity index (χ1n) is 7.56. The molecule has 0 spiro atoms. The van der Waals surface area contributed by atoms with Gasteiger partial charge in [-0.3, -0.25) is 4.98 Å². The van der Waals surface area contributed by atoms with Gasteiger partial charge in [-0.2, -0.15) is 0 Å². The molecule has 2 N–H and O–H groups in total. The zero-order chi connectivity index (χ0) is 13.5.